The van der Waals surface area contributed by atoms with Crippen molar-refractivity contribution in [2.75, 3.05) is 0 Å². The molecule has 0 atom stereocenters. The van der Waals surface area contributed by atoms with Gasteiger partial charge in [0, 0.05) is 0 Å². The number of hydrogen-bond donors (Lipinski definition) is 0. The minimum absolute atomic E-state index is 1.08. The van der Waals surface area contributed by atoms with Crippen LogP contribution in [-0.4, -0.2) is 0 Å². The van der Waals surface area contributed by atoms with Gasteiger partial charge in [-0.05, 0) is 36.8 Å². The summed E-state index contributed by atoms with van der Waals surface area (Å²) in [6.45, 7) is 0. The molecule has 0 heterocycles. The maximum atomic E-state index is 2.36. The van der Waals surface area contributed by atoms with E-state index in [0.29, 0.717) is 0 Å². The zero-order valence-corrected chi connectivity index (χ0v) is 9.47. The van der Waals surface area contributed by atoms with Crippen LogP contribution in [0.5, 0.6) is 0 Å². The van der Waals surface area contributed by atoms with Crippen LogP contribution in [0.4, 0.5) is 0 Å². The summed E-state index contributed by atoms with van der Waals surface area (Å²) >= 11 is 0. The highest BCUT2D eigenvalue weighted by molar-refractivity contribution is 5.17. The normalized spacial score (nSPS) is 10.2. The van der Waals surface area contributed by atoms with Gasteiger partial charge >= 0.3 is 0 Å². The smallest absolute Gasteiger partial charge is 0.0248 e. The summed E-state index contributed by atoms with van der Waals surface area (Å²) in [5, 5.41) is 0. The Balaban J connectivity index is 1.70. The molecule has 0 heteroatoms. The molecule has 0 amide bonds. The van der Waals surface area contributed by atoms with Gasteiger partial charge in [0.25, 0.3) is 0 Å². The van der Waals surface area contributed by atoms with Crippen LogP contribution >= 0.6 is 0 Å². The minimum Gasteiger partial charge on any atom is -0.0622 e. The van der Waals surface area contributed by atoms with Crippen molar-refractivity contribution in [3.05, 3.63) is 78.2 Å². The molecule has 81 valence electrons. The Morgan fingerprint density at radius 2 is 1.25 bits per heavy atom. The van der Waals surface area contributed by atoms with Crippen LogP contribution in [0, 0.1) is 6.42 Å². The lowest BCUT2D eigenvalue weighted by atomic mass is 10.0. The van der Waals surface area contributed by atoms with Crippen LogP contribution in [0.3, 0.4) is 0 Å². The molecule has 0 spiro atoms. The lowest BCUT2D eigenvalue weighted by Crippen LogP contribution is -1.89. The van der Waals surface area contributed by atoms with E-state index in [1.807, 2.05) is 0 Å². The Morgan fingerprint density at radius 3 is 1.88 bits per heavy atom. The average Bonchev–Trinajstić information content (AvgIpc) is 2.37. The van der Waals surface area contributed by atoms with Crippen molar-refractivity contribution in [1.82, 2.24) is 0 Å². The highest BCUT2D eigenvalue weighted by Gasteiger charge is 1.94. The second-order valence-electron chi connectivity index (χ2n) is 4.00. The number of unbranched alkanes of at least 4 members (excludes halogenated alkanes) is 1. The SMILES string of the molecule is [CH](CCc1ccccc1)Cc1ccccc1. The fourth-order valence-electron chi connectivity index (χ4n) is 1.80. The predicted molar refractivity (Wildman–Crippen MR) is 69.2 cm³/mol. The second kappa shape index (κ2) is 6.12. The molecule has 0 nitrogen and oxygen atoms in total. The average molecular weight is 209 g/mol. The van der Waals surface area contributed by atoms with Crippen LogP contribution in [0.2, 0.25) is 0 Å². The van der Waals surface area contributed by atoms with E-state index < -0.39 is 0 Å². The number of rotatable bonds is 5. The second-order valence-corrected chi connectivity index (χ2v) is 4.00. The van der Waals surface area contributed by atoms with Gasteiger partial charge in [0.15, 0.2) is 0 Å². The predicted octanol–water partition coefficient (Wildman–Crippen LogP) is 4.07. The summed E-state index contributed by atoms with van der Waals surface area (Å²) < 4.78 is 0. The number of hydrogen-bond acceptors (Lipinski definition) is 0. The van der Waals surface area contributed by atoms with Crippen molar-refractivity contribution in [3.8, 4) is 0 Å². The first-order valence-corrected chi connectivity index (χ1v) is 5.84. The Hall–Kier alpha value is -1.56. The quantitative estimate of drug-likeness (QED) is 0.651. The van der Waals surface area contributed by atoms with Crippen molar-refractivity contribution in [2.24, 2.45) is 0 Å². The third kappa shape index (κ3) is 3.54. The van der Waals surface area contributed by atoms with Crippen molar-refractivity contribution >= 4 is 0 Å². The minimum atomic E-state index is 1.08. The molecular formula is C16H17. The van der Waals surface area contributed by atoms with Gasteiger partial charge in [0.1, 0.15) is 0 Å². The molecule has 0 unspecified atom stereocenters. The maximum absolute atomic E-state index is 2.36. The van der Waals surface area contributed by atoms with Gasteiger partial charge in [-0.1, -0.05) is 60.7 Å². The number of aryl methyl sites for hydroxylation is 1. The molecular weight excluding hydrogens is 192 g/mol. The highest BCUT2D eigenvalue weighted by atomic mass is 14.0. The molecule has 0 aliphatic heterocycles. The maximum Gasteiger partial charge on any atom is -0.0248 e. The Kier molecular flexibility index (Phi) is 4.18. The van der Waals surface area contributed by atoms with E-state index in [1.165, 1.54) is 11.1 Å². The van der Waals surface area contributed by atoms with Crippen LogP contribution in [0.1, 0.15) is 17.5 Å². The van der Waals surface area contributed by atoms with E-state index in [2.05, 4.69) is 67.1 Å². The standard InChI is InChI=1S/C16H17/c1-3-9-15(10-4-1)13-7-8-14-16-11-5-2-6-12-16/h1-7,9-12H,8,13-14H2. The zero-order chi connectivity index (χ0) is 11.1. The van der Waals surface area contributed by atoms with E-state index in [-0.39, 0.29) is 0 Å². The summed E-state index contributed by atoms with van der Waals surface area (Å²) in [4.78, 5) is 0. The Labute approximate surface area is 97.9 Å². The van der Waals surface area contributed by atoms with E-state index in [4.69, 9.17) is 0 Å². The van der Waals surface area contributed by atoms with Crippen molar-refractivity contribution < 1.29 is 0 Å². The molecule has 0 N–H and O–H groups in total. The summed E-state index contributed by atoms with van der Waals surface area (Å²) in [7, 11) is 0. The van der Waals surface area contributed by atoms with Gasteiger partial charge in [0.05, 0.1) is 0 Å². The third-order valence-electron chi connectivity index (χ3n) is 2.70. The molecule has 1 radical (unpaired) electrons. The first-order chi connectivity index (χ1) is 7.95. The number of benzene rings is 2. The molecule has 0 aromatic heterocycles. The van der Waals surface area contributed by atoms with Crippen LogP contribution in [0.15, 0.2) is 60.7 Å². The molecule has 0 aliphatic carbocycles. The monoisotopic (exact) mass is 209 g/mol. The van der Waals surface area contributed by atoms with Gasteiger partial charge in [0.2, 0.25) is 0 Å². The molecule has 0 saturated heterocycles. The van der Waals surface area contributed by atoms with Gasteiger partial charge in [-0.25, -0.2) is 0 Å². The van der Waals surface area contributed by atoms with E-state index >= 15 is 0 Å². The first kappa shape index (κ1) is 10.9. The van der Waals surface area contributed by atoms with Gasteiger partial charge in [-0.15, -0.1) is 0 Å². The summed E-state index contributed by atoms with van der Waals surface area (Å²) in [5.41, 5.74) is 2.82. The summed E-state index contributed by atoms with van der Waals surface area (Å²) in [6.07, 6.45) is 5.74. The summed E-state index contributed by atoms with van der Waals surface area (Å²) in [5.74, 6) is 0. The molecule has 0 bridgehead atoms. The van der Waals surface area contributed by atoms with E-state index in [9.17, 15) is 0 Å². The highest BCUT2D eigenvalue weighted by Crippen LogP contribution is 2.07. The Morgan fingerprint density at radius 1 is 0.688 bits per heavy atom. The van der Waals surface area contributed by atoms with Crippen LogP contribution < -0.4 is 0 Å². The molecule has 2 rings (SSSR count). The topological polar surface area (TPSA) is 0 Å². The van der Waals surface area contributed by atoms with E-state index in [0.717, 1.165) is 19.3 Å². The lowest BCUT2D eigenvalue weighted by Gasteiger charge is -2.01. The fourth-order valence-corrected chi connectivity index (χ4v) is 1.80. The molecule has 0 saturated carbocycles. The van der Waals surface area contributed by atoms with Crippen molar-refractivity contribution in [1.29, 1.82) is 0 Å². The van der Waals surface area contributed by atoms with Crippen molar-refractivity contribution in [3.63, 3.8) is 0 Å². The van der Waals surface area contributed by atoms with Gasteiger partial charge < -0.3 is 0 Å². The lowest BCUT2D eigenvalue weighted by molar-refractivity contribution is 0.893. The van der Waals surface area contributed by atoms with Gasteiger partial charge in [-0.2, -0.15) is 0 Å². The Bertz CT molecular complexity index is 347. The summed E-state index contributed by atoms with van der Waals surface area (Å²) in [6, 6.07) is 21.3. The molecule has 2 aromatic carbocycles. The van der Waals surface area contributed by atoms with Gasteiger partial charge in [-0.3, -0.25) is 0 Å². The largest absolute Gasteiger partial charge is 0.0622 e. The molecule has 0 fully saturated rings. The van der Waals surface area contributed by atoms with E-state index in [1.54, 1.807) is 0 Å². The van der Waals surface area contributed by atoms with Crippen molar-refractivity contribution in [2.45, 2.75) is 19.3 Å². The fraction of sp³-hybridized carbons (Fsp3) is 0.188. The molecule has 2 aromatic rings. The van der Waals surface area contributed by atoms with Crippen LogP contribution in [0.25, 0.3) is 0 Å². The van der Waals surface area contributed by atoms with Crippen LogP contribution in [-0.2, 0) is 12.8 Å². The zero-order valence-electron chi connectivity index (χ0n) is 9.47. The molecule has 0 aliphatic rings. The third-order valence-corrected chi connectivity index (χ3v) is 2.70. The molecule has 16 heavy (non-hydrogen) atoms. The first-order valence-electron chi connectivity index (χ1n) is 5.84.